The molecule has 20 heteroatoms. The molecule has 4 aromatic carbocycles. The van der Waals surface area contributed by atoms with E-state index in [1.165, 1.54) is 35.5 Å². The number of rotatable bonds is 15. The molecule has 0 unspecified atom stereocenters. The van der Waals surface area contributed by atoms with Crippen LogP contribution in [0, 0.1) is 0 Å². The van der Waals surface area contributed by atoms with E-state index in [-0.39, 0.29) is 41.3 Å². The summed E-state index contributed by atoms with van der Waals surface area (Å²) >= 11 is 15.1. The monoisotopic (exact) mass is 1090 g/mol. The number of nitrogens with zero attached hydrogens (tertiary/aromatic N) is 4. The average molecular weight is 1090 g/mol. The van der Waals surface area contributed by atoms with Gasteiger partial charge in [-0.15, -0.1) is 22.7 Å². The number of likely N-dealkylation sites (tertiary alicyclic amines) is 2. The van der Waals surface area contributed by atoms with Crippen LogP contribution in [0.1, 0.15) is 97.0 Å². The molecule has 15 nitrogen and oxygen atoms in total. The molecule has 4 atom stereocenters. The van der Waals surface area contributed by atoms with Crippen LogP contribution in [-0.4, -0.2) is 112 Å². The summed E-state index contributed by atoms with van der Waals surface area (Å²) < 4.78 is 15.0. The average Bonchev–Trinajstić information content (AvgIpc) is 4.11. The fourth-order valence-corrected chi connectivity index (χ4v) is 11.9. The topological polar surface area (TPSA) is 201 Å². The van der Waals surface area contributed by atoms with Crippen molar-refractivity contribution < 1.29 is 48.8 Å². The Balaban J connectivity index is 0.000000149. The SMILES string of the molecule is F.N[C@H](CN1CCCC1)[C@H](O)c1ccc(OC2CC2)cc1.O=C(N[C@H](CN1CCCC1)[C@H](O)c1ccc(OC2CC2)cc1)C1=NOCc2c1ccc1sc(Cl)cc21.O=C(O)C1=NOCc2c1ccc1sc(Cl)cc21. The molecule has 6 aliphatic rings. The lowest BCUT2D eigenvalue weighted by Crippen LogP contribution is -2.49. The number of benzene rings is 4. The summed E-state index contributed by atoms with van der Waals surface area (Å²) in [5.41, 5.74) is 11.0. The maximum atomic E-state index is 13.5. The first-order chi connectivity index (χ1) is 35.4. The number of amides is 1. The second-order valence-electron chi connectivity index (χ2n) is 19.3. The zero-order chi connectivity index (χ0) is 50.6. The third-order valence-electron chi connectivity index (χ3n) is 13.7. The van der Waals surface area contributed by atoms with Crippen molar-refractivity contribution in [3.63, 3.8) is 0 Å². The van der Waals surface area contributed by atoms with Gasteiger partial charge in [0.05, 0.1) is 33.0 Å². The molecule has 74 heavy (non-hydrogen) atoms. The number of nitrogens with one attached hydrogen (secondary N) is 1. The predicted molar refractivity (Wildman–Crippen MR) is 288 cm³/mol. The maximum absolute atomic E-state index is 13.5. The van der Waals surface area contributed by atoms with E-state index in [1.54, 1.807) is 6.07 Å². The number of aliphatic carboxylic acids is 1. The number of hydrogen-bond donors (Lipinski definition) is 5. The minimum Gasteiger partial charge on any atom is -0.490 e. The number of carboxylic acid groups (broad SMARTS) is 1. The van der Waals surface area contributed by atoms with Crippen LogP contribution in [0.2, 0.25) is 8.67 Å². The van der Waals surface area contributed by atoms with Gasteiger partial charge in [0.15, 0.2) is 11.4 Å². The molecule has 0 radical (unpaired) electrons. The van der Waals surface area contributed by atoms with Crippen molar-refractivity contribution in [1.82, 2.24) is 15.1 Å². The first-order valence-corrected chi connectivity index (χ1v) is 27.3. The van der Waals surface area contributed by atoms with E-state index in [2.05, 4.69) is 25.4 Å². The van der Waals surface area contributed by atoms with Crippen LogP contribution in [0.15, 0.2) is 95.2 Å². The Morgan fingerprint density at radius 1 is 0.676 bits per heavy atom. The van der Waals surface area contributed by atoms with Crippen LogP contribution in [-0.2, 0) is 32.5 Å². The Kier molecular flexibility index (Phi) is 17.4. The summed E-state index contributed by atoms with van der Waals surface area (Å²) in [6, 6.07) is 25.7. The lowest BCUT2D eigenvalue weighted by atomic mass is 9.97. The van der Waals surface area contributed by atoms with Crippen molar-refractivity contribution in [2.24, 2.45) is 16.0 Å². The quantitative estimate of drug-likeness (QED) is 0.0654. The standard InChI is InChI=1S/C27H28ClN3O4S.C16H24N2O2.C11H6ClNO3S.FH/c28-24-13-20-21-15-34-30-25(19(21)9-10-23(20)36-24)27(33)29-22(14-31-11-1-2-12-31)26(32)16-3-5-17(6-4-16)35-18-7-8-18;17-15(11-18-9-1-2-10-18)16(19)12-3-5-13(6-4-12)20-14-7-8-14;12-9-3-6-7-4-16-13-10(11(14)15)5(7)1-2-8(6)17-9;/h3-6,9-10,13,18,22,26,32H,1-2,7-8,11-12,14-15H2,(H,29,33);3-6,14-16,19H,1-2,7-11,17H2;1-3H,4H2,(H,14,15);1H/t22-,26-;15-,16-;;/m11../s1. The molecule has 2 saturated heterocycles. The third kappa shape index (κ3) is 13.0. The van der Waals surface area contributed by atoms with Gasteiger partial charge in [0.2, 0.25) is 0 Å². The van der Waals surface area contributed by atoms with Gasteiger partial charge in [-0.3, -0.25) is 9.50 Å². The first kappa shape index (κ1) is 53.4. The van der Waals surface area contributed by atoms with Gasteiger partial charge in [-0.25, -0.2) is 4.79 Å². The second kappa shape index (κ2) is 24.1. The molecule has 2 saturated carbocycles. The highest BCUT2D eigenvalue weighted by Gasteiger charge is 2.32. The molecule has 2 aliphatic carbocycles. The summed E-state index contributed by atoms with van der Waals surface area (Å²) in [6.07, 6.45) is 8.47. The second-order valence-corrected chi connectivity index (χ2v) is 22.7. The number of ether oxygens (including phenoxy) is 2. The highest BCUT2D eigenvalue weighted by atomic mass is 35.5. The van der Waals surface area contributed by atoms with Crippen LogP contribution in [0.5, 0.6) is 11.5 Å². The molecule has 392 valence electrons. The van der Waals surface area contributed by atoms with Crippen LogP contribution in [0.25, 0.3) is 20.2 Å². The molecule has 6 N–H and O–H groups in total. The predicted octanol–water partition coefficient (Wildman–Crippen LogP) is 9.35. The molecule has 4 fully saturated rings. The number of carboxylic acids is 1. The van der Waals surface area contributed by atoms with Gasteiger partial charge >= 0.3 is 5.97 Å². The molecule has 1 amide bonds. The fourth-order valence-electron chi connectivity index (χ4n) is 9.56. The molecule has 0 bridgehead atoms. The third-order valence-corrected chi connectivity index (χ3v) is 16.2. The van der Waals surface area contributed by atoms with E-state index in [1.807, 2.05) is 78.9 Å². The van der Waals surface area contributed by atoms with Gasteiger partial charge < -0.3 is 55.3 Å². The summed E-state index contributed by atoms with van der Waals surface area (Å²) in [5.74, 6) is 0.232. The van der Waals surface area contributed by atoms with Crippen LogP contribution in [0.4, 0.5) is 4.70 Å². The van der Waals surface area contributed by atoms with E-state index in [0.29, 0.717) is 33.0 Å². The van der Waals surface area contributed by atoms with Crippen LogP contribution in [0.3, 0.4) is 0 Å². The Hall–Kier alpha value is -5.41. The Morgan fingerprint density at radius 3 is 1.59 bits per heavy atom. The molecule has 4 aliphatic heterocycles. The highest BCUT2D eigenvalue weighted by molar-refractivity contribution is 7.23. The maximum Gasteiger partial charge on any atom is 0.358 e. The molecule has 2 aromatic heterocycles. The number of fused-ring (bicyclic) bond motifs is 6. The van der Waals surface area contributed by atoms with Crippen molar-refractivity contribution in [3.8, 4) is 11.5 Å². The number of aliphatic hydroxyl groups excluding tert-OH is 2. The molecule has 6 heterocycles. The van der Waals surface area contributed by atoms with Gasteiger partial charge in [-0.05, 0) is 137 Å². The number of hydrogen-bond acceptors (Lipinski definition) is 15. The first-order valence-electron chi connectivity index (χ1n) is 24.9. The minimum absolute atomic E-state index is 0. The molecular formula is C54H59Cl2FN6O9S2. The van der Waals surface area contributed by atoms with Gasteiger partial charge in [0.1, 0.15) is 30.8 Å². The fraction of sp³-hybridized carbons (Fsp3) is 0.407. The van der Waals surface area contributed by atoms with Crippen molar-refractivity contribution >= 4 is 89.3 Å². The largest absolute Gasteiger partial charge is 0.490 e. The summed E-state index contributed by atoms with van der Waals surface area (Å²) in [7, 11) is 0. The van der Waals surface area contributed by atoms with Crippen molar-refractivity contribution in [2.45, 2.75) is 101 Å². The van der Waals surface area contributed by atoms with E-state index < -0.39 is 24.2 Å². The molecule has 12 rings (SSSR count). The normalized spacial score (nSPS) is 18.8. The zero-order valence-corrected chi connectivity index (χ0v) is 43.6. The highest BCUT2D eigenvalue weighted by Crippen LogP contribution is 2.37. The van der Waals surface area contributed by atoms with Crippen molar-refractivity contribution in [2.75, 3.05) is 39.3 Å². The summed E-state index contributed by atoms with van der Waals surface area (Å²) in [4.78, 5) is 39.6. The Morgan fingerprint density at radius 2 is 1.12 bits per heavy atom. The molecule has 0 spiro atoms. The summed E-state index contributed by atoms with van der Waals surface area (Å²) in [6.45, 7) is 5.99. The number of halogens is 3. The lowest BCUT2D eigenvalue weighted by Gasteiger charge is -2.29. The number of carbonyl (C=O) groups excluding carboxylic acids is 1. The van der Waals surface area contributed by atoms with E-state index >= 15 is 0 Å². The van der Waals surface area contributed by atoms with E-state index in [9.17, 15) is 19.8 Å². The number of thiophene rings is 2. The van der Waals surface area contributed by atoms with Crippen LogP contribution < -0.4 is 20.5 Å². The number of oxime groups is 2. The minimum atomic E-state index is -1.09. The lowest BCUT2D eigenvalue weighted by molar-refractivity contribution is -0.129. The molecule has 6 aromatic rings. The van der Waals surface area contributed by atoms with Crippen molar-refractivity contribution in [1.29, 1.82) is 0 Å². The number of carbonyl (C=O) groups is 2. The van der Waals surface area contributed by atoms with Gasteiger partial charge in [0.25, 0.3) is 5.91 Å². The molecular weight excluding hydrogens is 1030 g/mol. The van der Waals surface area contributed by atoms with E-state index in [4.69, 9.17) is 53.2 Å². The Labute approximate surface area is 445 Å². The van der Waals surface area contributed by atoms with Gasteiger partial charge in [-0.2, -0.15) is 0 Å². The number of aliphatic hydroxyl groups is 2. The number of nitrogens with two attached hydrogens (primary N) is 1. The van der Waals surface area contributed by atoms with Crippen molar-refractivity contribution in [3.05, 3.63) is 127 Å². The Bertz CT molecular complexity index is 2990. The van der Waals surface area contributed by atoms with Crippen LogP contribution >= 0.6 is 45.9 Å². The zero-order valence-electron chi connectivity index (χ0n) is 40.5. The summed E-state index contributed by atoms with van der Waals surface area (Å²) in [5, 5.41) is 43.4. The van der Waals surface area contributed by atoms with Gasteiger partial charge in [0, 0.05) is 61.6 Å². The van der Waals surface area contributed by atoms with Gasteiger partial charge in [-0.1, -0.05) is 69.9 Å². The van der Waals surface area contributed by atoms with E-state index in [0.717, 1.165) is 131 Å². The smallest absolute Gasteiger partial charge is 0.358 e.